The van der Waals surface area contributed by atoms with E-state index < -0.39 is 5.97 Å². The highest BCUT2D eigenvalue weighted by atomic mass is 32.1. The number of hydrogen-bond donors (Lipinski definition) is 2. The number of carboxylic acids is 1. The number of aryl methyl sites for hydroxylation is 1. The minimum absolute atomic E-state index is 0.0967. The molecule has 1 atom stereocenters. The molecular weight excluding hydrogens is 294 g/mol. The molecule has 2 aromatic rings. The number of amides is 1. The molecule has 0 radical (unpaired) electrons. The number of carbonyl (C=O) groups excluding carboxylic acids is 1. The second-order valence-corrected chi connectivity index (χ2v) is 5.71. The first-order chi connectivity index (χ1) is 9.97. The van der Waals surface area contributed by atoms with Gasteiger partial charge in [0.2, 0.25) is 0 Å². The number of hydrogen-bond acceptors (Lipinski definition) is 5. The van der Waals surface area contributed by atoms with Gasteiger partial charge in [0.25, 0.3) is 5.91 Å². The van der Waals surface area contributed by atoms with Crippen molar-refractivity contribution in [3.8, 4) is 5.75 Å². The van der Waals surface area contributed by atoms with Gasteiger partial charge >= 0.3 is 5.97 Å². The van der Waals surface area contributed by atoms with Crippen molar-refractivity contribution in [2.24, 2.45) is 0 Å². The van der Waals surface area contributed by atoms with Crippen molar-refractivity contribution in [1.29, 1.82) is 0 Å². The summed E-state index contributed by atoms with van der Waals surface area (Å²) >= 11 is 1.11. The third kappa shape index (κ3) is 3.85. The van der Waals surface area contributed by atoms with E-state index in [-0.39, 0.29) is 29.2 Å². The standard InChI is InChI=1S/C14H15NO5S/c1-8-6-11(13(21-8)14(17)18)20-7-12(16)15-9(2)10-4-3-5-19-10/h3-6,9H,7H2,1-2H3,(H,15,16)(H,17,18). The Morgan fingerprint density at radius 2 is 2.29 bits per heavy atom. The zero-order valence-electron chi connectivity index (χ0n) is 11.6. The Kier molecular flexibility index (Phi) is 4.64. The number of aromatic carboxylic acids is 1. The number of nitrogens with one attached hydrogen (secondary N) is 1. The lowest BCUT2D eigenvalue weighted by atomic mass is 10.2. The van der Waals surface area contributed by atoms with E-state index in [1.807, 2.05) is 0 Å². The van der Waals surface area contributed by atoms with Crippen LogP contribution in [0.15, 0.2) is 28.9 Å². The molecule has 2 rings (SSSR count). The monoisotopic (exact) mass is 309 g/mol. The fraction of sp³-hybridized carbons (Fsp3) is 0.286. The molecule has 112 valence electrons. The lowest BCUT2D eigenvalue weighted by molar-refractivity contribution is -0.123. The number of furan rings is 1. The molecule has 0 aromatic carbocycles. The molecule has 2 aromatic heterocycles. The van der Waals surface area contributed by atoms with E-state index in [0.717, 1.165) is 16.2 Å². The van der Waals surface area contributed by atoms with E-state index in [9.17, 15) is 9.59 Å². The number of rotatable bonds is 6. The molecule has 0 bridgehead atoms. The number of thiophene rings is 1. The maximum Gasteiger partial charge on any atom is 0.349 e. The summed E-state index contributed by atoms with van der Waals surface area (Å²) < 4.78 is 10.5. The van der Waals surface area contributed by atoms with E-state index in [1.165, 1.54) is 6.26 Å². The summed E-state index contributed by atoms with van der Waals surface area (Å²) in [5.41, 5.74) is 0. The van der Waals surface area contributed by atoms with E-state index in [4.69, 9.17) is 14.3 Å². The van der Waals surface area contributed by atoms with Crippen molar-refractivity contribution >= 4 is 23.2 Å². The molecule has 0 fully saturated rings. The maximum absolute atomic E-state index is 11.8. The Morgan fingerprint density at radius 1 is 1.52 bits per heavy atom. The van der Waals surface area contributed by atoms with Crippen LogP contribution in [-0.4, -0.2) is 23.6 Å². The first-order valence-corrected chi connectivity index (χ1v) is 7.08. The molecule has 2 N–H and O–H groups in total. The maximum atomic E-state index is 11.8. The van der Waals surface area contributed by atoms with Gasteiger partial charge in [-0.05, 0) is 32.0 Å². The van der Waals surface area contributed by atoms with Crippen molar-refractivity contribution in [2.75, 3.05) is 6.61 Å². The summed E-state index contributed by atoms with van der Waals surface area (Å²) in [6, 6.07) is 4.83. The van der Waals surface area contributed by atoms with E-state index in [2.05, 4.69) is 5.32 Å². The van der Waals surface area contributed by atoms with Crippen LogP contribution >= 0.6 is 11.3 Å². The Balaban J connectivity index is 1.91. The Morgan fingerprint density at radius 3 is 2.90 bits per heavy atom. The van der Waals surface area contributed by atoms with Gasteiger partial charge in [-0.3, -0.25) is 4.79 Å². The number of ether oxygens (including phenoxy) is 1. The molecule has 0 aliphatic rings. The Bertz CT molecular complexity index is 632. The normalized spacial score (nSPS) is 11.9. The van der Waals surface area contributed by atoms with Crippen molar-refractivity contribution in [2.45, 2.75) is 19.9 Å². The van der Waals surface area contributed by atoms with Gasteiger partial charge in [0, 0.05) is 4.88 Å². The summed E-state index contributed by atoms with van der Waals surface area (Å²) in [6.07, 6.45) is 1.53. The lowest BCUT2D eigenvalue weighted by Gasteiger charge is -2.11. The van der Waals surface area contributed by atoms with E-state index >= 15 is 0 Å². The van der Waals surface area contributed by atoms with Gasteiger partial charge in [0.05, 0.1) is 12.3 Å². The van der Waals surface area contributed by atoms with Gasteiger partial charge in [-0.1, -0.05) is 0 Å². The second kappa shape index (κ2) is 6.45. The zero-order valence-corrected chi connectivity index (χ0v) is 12.4. The van der Waals surface area contributed by atoms with Gasteiger partial charge in [-0.15, -0.1) is 11.3 Å². The summed E-state index contributed by atoms with van der Waals surface area (Å²) in [7, 11) is 0. The third-order valence-corrected chi connectivity index (χ3v) is 3.74. The van der Waals surface area contributed by atoms with Gasteiger partial charge in [0.15, 0.2) is 11.5 Å². The topological polar surface area (TPSA) is 88.8 Å². The van der Waals surface area contributed by atoms with Gasteiger partial charge in [-0.25, -0.2) is 4.79 Å². The molecule has 0 saturated heterocycles. The van der Waals surface area contributed by atoms with Gasteiger partial charge in [-0.2, -0.15) is 0 Å². The Hall–Kier alpha value is -2.28. The first-order valence-electron chi connectivity index (χ1n) is 6.26. The second-order valence-electron chi connectivity index (χ2n) is 4.45. The molecule has 0 spiro atoms. The molecule has 0 aliphatic heterocycles. The van der Waals surface area contributed by atoms with Crippen molar-refractivity contribution in [3.63, 3.8) is 0 Å². The molecule has 0 aliphatic carbocycles. The molecular formula is C14H15NO5S. The lowest BCUT2D eigenvalue weighted by Crippen LogP contribution is -2.31. The molecule has 2 heterocycles. The van der Waals surface area contributed by atoms with Crippen molar-refractivity contribution in [3.05, 3.63) is 40.0 Å². The summed E-state index contributed by atoms with van der Waals surface area (Å²) in [5, 5.41) is 11.7. The Labute approximate surface area is 125 Å². The minimum atomic E-state index is -1.06. The van der Waals surface area contributed by atoms with Crippen LogP contribution in [0.5, 0.6) is 5.75 Å². The van der Waals surface area contributed by atoms with Gasteiger partial charge < -0.3 is 19.6 Å². The predicted molar refractivity (Wildman–Crippen MR) is 76.8 cm³/mol. The van der Waals surface area contributed by atoms with Crippen LogP contribution in [0.2, 0.25) is 0 Å². The molecule has 1 amide bonds. The van der Waals surface area contributed by atoms with Crippen LogP contribution in [0.3, 0.4) is 0 Å². The molecule has 21 heavy (non-hydrogen) atoms. The fourth-order valence-corrected chi connectivity index (χ4v) is 2.58. The van der Waals surface area contributed by atoms with Crippen LogP contribution < -0.4 is 10.1 Å². The number of carbonyl (C=O) groups is 2. The minimum Gasteiger partial charge on any atom is -0.482 e. The molecule has 0 saturated carbocycles. The van der Waals surface area contributed by atoms with E-state index in [0.29, 0.717) is 5.76 Å². The number of carboxylic acid groups (broad SMARTS) is 1. The quantitative estimate of drug-likeness (QED) is 0.856. The highest BCUT2D eigenvalue weighted by Gasteiger charge is 2.17. The largest absolute Gasteiger partial charge is 0.482 e. The third-order valence-electron chi connectivity index (χ3n) is 2.72. The smallest absolute Gasteiger partial charge is 0.349 e. The predicted octanol–water partition coefficient (Wildman–Crippen LogP) is 2.60. The first kappa shape index (κ1) is 15.1. The summed E-state index contributed by atoms with van der Waals surface area (Å²) in [6.45, 7) is 3.32. The van der Waals surface area contributed by atoms with Gasteiger partial charge in [0.1, 0.15) is 11.5 Å². The average Bonchev–Trinajstić information content (AvgIpc) is 3.05. The van der Waals surface area contributed by atoms with Crippen LogP contribution in [0, 0.1) is 6.92 Å². The van der Waals surface area contributed by atoms with Crippen LogP contribution in [-0.2, 0) is 4.79 Å². The molecule has 6 nitrogen and oxygen atoms in total. The van der Waals surface area contributed by atoms with Crippen molar-refractivity contribution in [1.82, 2.24) is 5.32 Å². The molecule has 7 heteroatoms. The zero-order chi connectivity index (χ0) is 15.4. The molecule has 1 unspecified atom stereocenters. The highest BCUT2D eigenvalue weighted by Crippen LogP contribution is 2.28. The highest BCUT2D eigenvalue weighted by molar-refractivity contribution is 7.14. The van der Waals surface area contributed by atoms with Crippen LogP contribution in [0.4, 0.5) is 0 Å². The SMILES string of the molecule is Cc1cc(OCC(=O)NC(C)c2ccco2)c(C(=O)O)s1. The fourth-order valence-electron chi connectivity index (χ4n) is 1.78. The van der Waals surface area contributed by atoms with Crippen LogP contribution in [0.1, 0.15) is 33.3 Å². The average molecular weight is 309 g/mol. The summed E-state index contributed by atoms with van der Waals surface area (Å²) in [4.78, 5) is 23.7. The van der Waals surface area contributed by atoms with Crippen molar-refractivity contribution < 1.29 is 23.8 Å². The summed E-state index contributed by atoms with van der Waals surface area (Å²) in [5.74, 6) is -0.557. The van der Waals surface area contributed by atoms with E-state index in [1.54, 1.807) is 32.0 Å². The van der Waals surface area contributed by atoms with Crippen LogP contribution in [0.25, 0.3) is 0 Å².